The normalized spacial score (nSPS) is 19.0. The number of hydrogen-bond donors (Lipinski definition) is 1. The van der Waals surface area contributed by atoms with Crippen LogP contribution in [0.1, 0.15) is 18.9 Å². The van der Waals surface area contributed by atoms with Crippen molar-refractivity contribution in [3.63, 3.8) is 0 Å². The number of alkyl halides is 3. The van der Waals surface area contributed by atoms with Crippen LogP contribution in [-0.4, -0.2) is 28.8 Å². The van der Waals surface area contributed by atoms with Crippen LogP contribution in [0.4, 0.5) is 19.0 Å². The van der Waals surface area contributed by atoms with Crippen molar-refractivity contribution < 1.29 is 18.3 Å². The maximum atomic E-state index is 12.3. The Bertz CT molecular complexity index is 396. The van der Waals surface area contributed by atoms with Crippen LogP contribution in [0.15, 0.2) is 18.3 Å². The third-order valence-corrected chi connectivity index (χ3v) is 3.03. The molecule has 0 unspecified atom stereocenters. The van der Waals surface area contributed by atoms with Crippen molar-refractivity contribution in [3.8, 4) is 0 Å². The van der Waals surface area contributed by atoms with Gasteiger partial charge < -0.3 is 10.0 Å². The van der Waals surface area contributed by atoms with Crippen molar-refractivity contribution in [2.45, 2.75) is 25.1 Å². The van der Waals surface area contributed by atoms with E-state index < -0.39 is 17.3 Å². The summed E-state index contributed by atoms with van der Waals surface area (Å²) in [4.78, 5) is 5.52. The van der Waals surface area contributed by atoms with E-state index >= 15 is 0 Å². The molecule has 0 bridgehead atoms. The quantitative estimate of drug-likeness (QED) is 0.867. The summed E-state index contributed by atoms with van der Waals surface area (Å²) in [6.07, 6.45) is -2.91. The highest BCUT2D eigenvalue weighted by molar-refractivity contribution is 5.44. The number of pyridine rings is 1. The van der Waals surface area contributed by atoms with Crippen molar-refractivity contribution in [2.75, 3.05) is 18.0 Å². The monoisotopic (exact) mass is 246 g/mol. The predicted molar refractivity (Wildman–Crippen MR) is 56.7 cm³/mol. The Morgan fingerprint density at radius 1 is 1.41 bits per heavy atom. The number of anilines is 1. The highest BCUT2D eigenvalue weighted by atomic mass is 19.4. The zero-order valence-corrected chi connectivity index (χ0v) is 9.33. The minimum atomic E-state index is -4.36. The molecule has 0 amide bonds. The number of nitrogens with zero attached hydrogens (tertiary/aromatic N) is 2. The summed E-state index contributed by atoms with van der Waals surface area (Å²) in [6, 6.07) is 2.34. The van der Waals surface area contributed by atoms with Gasteiger partial charge in [-0.25, -0.2) is 4.98 Å². The van der Waals surface area contributed by atoms with Gasteiger partial charge in [0.25, 0.3) is 0 Å². The molecule has 1 saturated heterocycles. The van der Waals surface area contributed by atoms with Gasteiger partial charge in [-0.1, -0.05) is 6.92 Å². The topological polar surface area (TPSA) is 36.4 Å². The van der Waals surface area contributed by atoms with E-state index in [9.17, 15) is 18.3 Å². The van der Waals surface area contributed by atoms with E-state index in [1.807, 2.05) is 6.92 Å². The van der Waals surface area contributed by atoms with Crippen LogP contribution in [-0.2, 0) is 6.18 Å². The third kappa shape index (κ3) is 2.36. The molecule has 6 heteroatoms. The fraction of sp³-hybridized carbons (Fsp3) is 0.545. The molecule has 0 saturated carbocycles. The van der Waals surface area contributed by atoms with Gasteiger partial charge in [0.1, 0.15) is 5.82 Å². The molecule has 0 spiro atoms. The minimum absolute atomic E-state index is 0.419. The lowest BCUT2D eigenvalue weighted by Crippen LogP contribution is -2.61. The molecule has 0 aliphatic carbocycles. The van der Waals surface area contributed by atoms with Gasteiger partial charge in [-0.15, -0.1) is 0 Å². The van der Waals surface area contributed by atoms with Gasteiger partial charge in [0.2, 0.25) is 0 Å². The summed E-state index contributed by atoms with van der Waals surface area (Å²) < 4.78 is 36.9. The second kappa shape index (κ2) is 3.87. The zero-order chi connectivity index (χ0) is 12.7. The lowest BCUT2D eigenvalue weighted by molar-refractivity contribution is -0.137. The summed E-state index contributed by atoms with van der Waals surface area (Å²) in [6.45, 7) is 2.71. The minimum Gasteiger partial charge on any atom is -0.386 e. The number of aromatic nitrogens is 1. The fourth-order valence-corrected chi connectivity index (χ4v) is 1.79. The average molecular weight is 246 g/mol. The van der Waals surface area contributed by atoms with E-state index in [1.54, 1.807) is 4.90 Å². The molecule has 1 aliphatic heterocycles. The summed E-state index contributed by atoms with van der Waals surface area (Å²) in [5.41, 5.74) is -1.47. The molecule has 1 aromatic rings. The van der Waals surface area contributed by atoms with Gasteiger partial charge in [0.15, 0.2) is 0 Å². The van der Waals surface area contributed by atoms with Crippen molar-refractivity contribution in [1.82, 2.24) is 4.98 Å². The van der Waals surface area contributed by atoms with Crippen LogP contribution in [0.3, 0.4) is 0 Å². The van der Waals surface area contributed by atoms with Gasteiger partial charge in [-0.3, -0.25) is 0 Å². The molecule has 1 aromatic heterocycles. The van der Waals surface area contributed by atoms with Gasteiger partial charge in [-0.2, -0.15) is 13.2 Å². The van der Waals surface area contributed by atoms with E-state index in [1.165, 1.54) is 6.07 Å². The van der Waals surface area contributed by atoms with E-state index in [0.29, 0.717) is 25.3 Å². The second-order valence-electron chi connectivity index (χ2n) is 4.34. The number of hydrogen-bond acceptors (Lipinski definition) is 3. The Morgan fingerprint density at radius 3 is 2.47 bits per heavy atom. The first kappa shape index (κ1) is 12.2. The smallest absolute Gasteiger partial charge is 0.386 e. The maximum Gasteiger partial charge on any atom is 0.417 e. The van der Waals surface area contributed by atoms with Gasteiger partial charge in [-0.05, 0) is 18.6 Å². The molecule has 1 aliphatic rings. The molecule has 94 valence electrons. The molecule has 0 atom stereocenters. The Balaban J connectivity index is 2.06. The van der Waals surface area contributed by atoms with Gasteiger partial charge >= 0.3 is 6.18 Å². The third-order valence-electron chi connectivity index (χ3n) is 3.03. The summed E-state index contributed by atoms with van der Waals surface area (Å²) in [5.74, 6) is 0.469. The number of aliphatic hydroxyl groups is 1. The Kier molecular flexibility index (Phi) is 2.77. The van der Waals surface area contributed by atoms with Crippen LogP contribution in [0, 0.1) is 0 Å². The maximum absolute atomic E-state index is 12.3. The van der Waals surface area contributed by atoms with E-state index in [2.05, 4.69) is 4.98 Å². The van der Waals surface area contributed by atoms with Crippen molar-refractivity contribution >= 4 is 5.82 Å². The van der Waals surface area contributed by atoms with Crippen molar-refractivity contribution in [3.05, 3.63) is 23.9 Å². The lowest BCUT2D eigenvalue weighted by Gasteiger charge is -2.46. The number of rotatable bonds is 2. The molecule has 2 rings (SSSR count). The highest BCUT2D eigenvalue weighted by Gasteiger charge is 2.40. The van der Waals surface area contributed by atoms with Crippen LogP contribution < -0.4 is 4.90 Å². The molecular weight excluding hydrogens is 233 g/mol. The number of β-amino-alcohol motifs (C(OH)–C–C–N with tert-alkyl or cyclic N) is 1. The Hall–Kier alpha value is -1.30. The summed E-state index contributed by atoms with van der Waals surface area (Å²) in [7, 11) is 0. The summed E-state index contributed by atoms with van der Waals surface area (Å²) in [5, 5.41) is 9.78. The van der Waals surface area contributed by atoms with Crippen LogP contribution in [0.2, 0.25) is 0 Å². The molecule has 2 heterocycles. The van der Waals surface area contributed by atoms with Crippen molar-refractivity contribution in [2.24, 2.45) is 0 Å². The molecule has 0 aromatic carbocycles. The molecular formula is C11H13F3N2O. The van der Waals surface area contributed by atoms with Crippen molar-refractivity contribution in [1.29, 1.82) is 0 Å². The largest absolute Gasteiger partial charge is 0.417 e. The van der Waals surface area contributed by atoms with Crippen LogP contribution in [0.5, 0.6) is 0 Å². The van der Waals surface area contributed by atoms with E-state index in [4.69, 9.17) is 0 Å². The Morgan fingerprint density at radius 2 is 2.06 bits per heavy atom. The first-order valence-corrected chi connectivity index (χ1v) is 5.35. The lowest BCUT2D eigenvalue weighted by atomic mass is 9.91. The molecule has 3 nitrogen and oxygen atoms in total. The standard InChI is InChI=1S/C11H13F3N2O/c1-2-10(17)6-16(7-10)9-4-3-8(5-15-9)11(12,13)14/h3-5,17H,2,6-7H2,1H3. The second-order valence-corrected chi connectivity index (χ2v) is 4.34. The zero-order valence-electron chi connectivity index (χ0n) is 9.33. The molecule has 1 fully saturated rings. The molecule has 1 N–H and O–H groups in total. The van der Waals surface area contributed by atoms with Crippen LogP contribution >= 0.6 is 0 Å². The first-order chi connectivity index (χ1) is 7.84. The average Bonchev–Trinajstić information content (AvgIpc) is 2.24. The highest BCUT2D eigenvalue weighted by Crippen LogP contribution is 2.32. The van der Waals surface area contributed by atoms with E-state index in [0.717, 1.165) is 12.3 Å². The van der Waals surface area contributed by atoms with Gasteiger partial charge in [0, 0.05) is 19.3 Å². The number of halogens is 3. The first-order valence-electron chi connectivity index (χ1n) is 5.35. The van der Waals surface area contributed by atoms with Crippen LogP contribution in [0.25, 0.3) is 0 Å². The molecule has 17 heavy (non-hydrogen) atoms. The predicted octanol–water partition coefficient (Wildman–Crippen LogP) is 2.06. The summed E-state index contributed by atoms with van der Waals surface area (Å²) >= 11 is 0. The fourth-order valence-electron chi connectivity index (χ4n) is 1.79. The van der Waals surface area contributed by atoms with Gasteiger partial charge in [0.05, 0.1) is 11.2 Å². The Labute approximate surface area is 96.9 Å². The van der Waals surface area contributed by atoms with E-state index in [-0.39, 0.29) is 0 Å². The molecule has 0 radical (unpaired) electrons. The SMILES string of the molecule is CCC1(O)CN(c2ccc(C(F)(F)F)cn2)C1.